The van der Waals surface area contributed by atoms with E-state index < -0.39 is 16.1 Å². The van der Waals surface area contributed by atoms with E-state index in [1.54, 1.807) is 12.1 Å². The Kier molecular flexibility index (Phi) is 9.16. The van der Waals surface area contributed by atoms with Gasteiger partial charge >= 0.3 is 0 Å². The van der Waals surface area contributed by atoms with E-state index in [0.717, 1.165) is 11.1 Å². The number of aliphatic imine (C=N–C) groups is 1. The fourth-order valence-corrected chi connectivity index (χ4v) is 5.25. The number of halogens is 1. The number of guanidine groups is 1. The van der Waals surface area contributed by atoms with E-state index in [1.165, 1.54) is 4.31 Å². The van der Waals surface area contributed by atoms with Gasteiger partial charge in [0.05, 0.1) is 11.4 Å². The van der Waals surface area contributed by atoms with Crippen LogP contribution in [0.4, 0.5) is 0 Å². The van der Waals surface area contributed by atoms with Gasteiger partial charge in [-0.15, -0.1) is 12.4 Å². The topological polar surface area (TPSA) is 131 Å². The van der Waals surface area contributed by atoms with E-state index in [2.05, 4.69) is 57.9 Å². The Labute approximate surface area is 198 Å². The minimum Gasteiger partial charge on any atom is -0.370 e. The van der Waals surface area contributed by atoms with E-state index in [1.807, 2.05) is 0 Å². The van der Waals surface area contributed by atoms with Gasteiger partial charge in [0, 0.05) is 13.1 Å². The van der Waals surface area contributed by atoms with Gasteiger partial charge in [0.2, 0.25) is 15.9 Å². The maximum Gasteiger partial charge on any atom is 0.243 e. The third-order valence-corrected chi connectivity index (χ3v) is 7.34. The second-order valence-corrected chi connectivity index (χ2v) is 12.0. The molecule has 32 heavy (non-hydrogen) atoms. The first-order valence-corrected chi connectivity index (χ1v) is 12.1. The maximum absolute atomic E-state index is 13.6. The summed E-state index contributed by atoms with van der Waals surface area (Å²) < 4.78 is 28.6. The molecule has 8 nitrogen and oxygen atoms in total. The highest BCUT2D eigenvalue weighted by atomic mass is 35.5. The van der Waals surface area contributed by atoms with E-state index in [-0.39, 0.29) is 53.1 Å². The molecule has 1 aliphatic rings. The average Bonchev–Trinajstić information content (AvgIpc) is 3.14. The van der Waals surface area contributed by atoms with Crippen molar-refractivity contribution in [3.05, 3.63) is 29.3 Å². The normalized spacial score (nSPS) is 17.5. The van der Waals surface area contributed by atoms with Gasteiger partial charge in [-0.05, 0) is 46.9 Å². The van der Waals surface area contributed by atoms with Crippen molar-refractivity contribution in [1.29, 1.82) is 0 Å². The van der Waals surface area contributed by atoms with Crippen LogP contribution in [0.2, 0.25) is 0 Å². The molecule has 0 radical (unpaired) electrons. The van der Waals surface area contributed by atoms with Crippen molar-refractivity contribution < 1.29 is 13.2 Å². The lowest BCUT2D eigenvalue weighted by molar-refractivity contribution is -0.124. The Hall–Kier alpha value is -1.84. The summed E-state index contributed by atoms with van der Waals surface area (Å²) in [5.74, 6) is -0.373. The first kappa shape index (κ1) is 28.2. The molecule has 0 bridgehead atoms. The molecule has 0 spiro atoms. The number of nitrogens with one attached hydrogen (secondary N) is 1. The minimum absolute atomic E-state index is 0. The Morgan fingerprint density at radius 1 is 1.09 bits per heavy atom. The molecule has 182 valence electrons. The van der Waals surface area contributed by atoms with Crippen LogP contribution in [-0.2, 0) is 25.6 Å². The fraction of sp³-hybridized carbons (Fsp3) is 0.636. The van der Waals surface area contributed by atoms with E-state index in [0.29, 0.717) is 19.4 Å². The molecule has 5 N–H and O–H groups in total. The predicted octanol–water partition coefficient (Wildman–Crippen LogP) is 2.25. The molecule has 1 fully saturated rings. The van der Waals surface area contributed by atoms with Crippen LogP contribution in [0, 0.1) is 0 Å². The molecule has 1 saturated heterocycles. The Morgan fingerprint density at radius 3 is 2.09 bits per heavy atom. The summed E-state index contributed by atoms with van der Waals surface area (Å²) in [6.45, 7) is 13.2. The molecule has 1 heterocycles. The molecule has 1 aromatic rings. The third kappa shape index (κ3) is 6.83. The first-order valence-electron chi connectivity index (χ1n) is 10.6. The van der Waals surface area contributed by atoms with Crippen LogP contribution < -0.4 is 16.8 Å². The Balaban J connectivity index is 0.00000512. The lowest BCUT2D eigenvalue weighted by Crippen LogP contribution is -2.46. The summed E-state index contributed by atoms with van der Waals surface area (Å²) in [5.41, 5.74) is 12.1. The fourth-order valence-electron chi connectivity index (χ4n) is 3.52. The van der Waals surface area contributed by atoms with Gasteiger partial charge in [-0.2, -0.15) is 4.31 Å². The highest BCUT2D eigenvalue weighted by Crippen LogP contribution is 2.34. The number of sulfonamides is 1. The zero-order chi connectivity index (χ0) is 23.6. The summed E-state index contributed by atoms with van der Waals surface area (Å²) in [5, 5.41) is 2.74. The number of amides is 1. The number of hydrogen-bond acceptors (Lipinski definition) is 4. The smallest absolute Gasteiger partial charge is 0.243 e. The van der Waals surface area contributed by atoms with Gasteiger partial charge < -0.3 is 16.8 Å². The number of nitrogens with zero attached hydrogens (tertiary/aromatic N) is 2. The molecule has 0 aliphatic carbocycles. The van der Waals surface area contributed by atoms with Crippen LogP contribution in [0.1, 0.15) is 65.5 Å². The van der Waals surface area contributed by atoms with Crippen molar-refractivity contribution in [2.45, 2.75) is 76.2 Å². The molecule has 10 heteroatoms. The van der Waals surface area contributed by atoms with Crippen LogP contribution in [0.15, 0.2) is 28.1 Å². The van der Waals surface area contributed by atoms with Crippen molar-refractivity contribution in [2.24, 2.45) is 16.5 Å². The van der Waals surface area contributed by atoms with Crippen LogP contribution in [0.5, 0.6) is 0 Å². The van der Waals surface area contributed by atoms with E-state index in [4.69, 9.17) is 11.5 Å². The first-order chi connectivity index (χ1) is 14.1. The average molecular weight is 488 g/mol. The van der Waals surface area contributed by atoms with Gasteiger partial charge in [-0.1, -0.05) is 47.6 Å². The van der Waals surface area contributed by atoms with Crippen molar-refractivity contribution in [3.63, 3.8) is 0 Å². The summed E-state index contributed by atoms with van der Waals surface area (Å²) >= 11 is 0. The number of hydrogen-bond donors (Lipinski definition) is 3. The zero-order valence-corrected chi connectivity index (χ0v) is 21.6. The van der Waals surface area contributed by atoms with Gasteiger partial charge in [0.25, 0.3) is 0 Å². The molecule has 1 aromatic carbocycles. The number of carbonyl (C=O) groups is 1. The number of nitrogens with two attached hydrogens (primary N) is 2. The van der Waals surface area contributed by atoms with Crippen LogP contribution in [0.3, 0.4) is 0 Å². The second kappa shape index (κ2) is 10.4. The van der Waals surface area contributed by atoms with Crippen LogP contribution in [-0.4, -0.2) is 50.3 Å². The Bertz CT molecular complexity index is 913. The second-order valence-electron chi connectivity index (χ2n) is 10.1. The standard InChI is InChI=1S/C22H37N5O3S.ClH/c1-21(2,3)15-12-16(22(4,5)6)14-17(13-15)31(29,30)27-11-7-8-18(27)19(28)25-9-10-26-20(23)24;/h12-14,18H,7-11H2,1-6H3,(H,25,28)(H4,23,24,26);1H/t18-;/m0./s1. The van der Waals surface area contributed by atoms with E-state index >= 15 is 0 Å². The highest BCUT2D eigenvalue weighted by molar-refractivity contribution is 7.89. The molecular weight excluding hydrogens is 450 g/mol. The molecular formula is C22H38ClN5O3S. The minimum atomic E-state index is -3.84. The summed E-state index contributed by atoms with van der Waals surface area (Å²) in [7, 11) is -3.84. The number of benzene rings is 1. The molecule has 0 unspecified atom stereocenters. The largest absolute Gasteiger partial charge is 0.370 e. The molecule has 1 amide bonds. The maximum atomic E-state index is 13.6. The lowest BCUT2D eigenvalue weighted by atomic mass is 9.81. The summed E-state index contributed by atoms with van der Waals surface area (Å²) in [4.78, 5) is 16.8. The Morgan fingerprint density at radius 2 is 1.62 bits per heavy atom. The summed E-state index contributed by atoms with van der Waals surface area (Å²) in [6.07, 6.45) is 1.12. The molecule has 0 aromatic heterocycles. The van der Waals surface area contributed by atoms with E-state index in [9.17, 15) is 13.2 Å². The highest BCUT2D eigenvalue weighted by Gasteiger charge is 2.40. The van der Waals surface area contributed by atoms with Crippen LogP contribution in [0.25, 0.3) is 0 Å². The van der Waals surface area contributed by atoms with Gasteiger partial charge in [0.15, 0.2) is 5.96 Å². The van der Waals surface area contributed by atoms with Gasteiger partial charge in [0.1, 0.15) is 6.04 Å². The molecule has 1 aliphatic heterocycles. The van der Waals surface area contributed by atoms with Gasteiger partial charge in [-0.3, -0.25) is 9.79 Å². The van der Waals surface area contributed by atoms with Gasteiger partial charge in [-0.25, -0.2) is 8.42 Å². The number of rotatable bonds is 6. The lowest BCUT2D eigenvalue weighted by Gasteiger charge is -2.28. The zero-order valence-electron chi connectivity index (χ0n) is 19.9. The predicted molar refractivity (Wildman–Crippen MR) is 132 cm³/mol. The molecule has 2 rings (SSSR count). The van der Waals surface area contributed by atoms with Crippen molar-refractivity contribution in [1.82, 2.24) is 9.62 Å². The number of carbonyl (C=O) groups excluding carboxylic acids is 1. The summed E-state index contributed by atoms with van der Waals surface area (Å²) in [6, 6.07) is 4.84. The molecule has 0 saturated carbocycles. The molecule has 1 atom stereocenters. The van der Waals surface area contributed by atoms with Crippen molar-refractivity contribution in [3.8, 4) is 0 Å². The quantitative estimate of drug-likeness (QED) is 0.321. The van der Waals surface area contributed by atoms with Crippen molar-refractivity contribution >= 4 is 34.3 Å². The third-order valence-electron chi connectivity index (χ3n) is 5.46. The SMILES string of the molecule is CC(C)(C)c1cc(C(C)(C)C)cc(S(=O)(=O)N2CCC[C@H]2C(=O)NCCN=C(N)N)c1.Cl. The van der Waals surface area contributed by atoms with Crippen LogP contribution >= 0.6 is 12.4 Å². The monoisotopic (exact) mass is 487 g/mol. The van der Waals surface area contributed by atoms with Crippen molar-refractivity contribution in [2.75, 3.05) is 19.6 Å².